The molecule has 7 heteroatoms. The van der Waals surface area contributed by atoms with Crippen molar-refractivity contribution in [1.82, 2.24) is 4.90 Å². The van der Waals surface area contributed by atoms with Crippen molar-refractivity contribution >= 4 is 23.2 Å². The zero-order valence-corrected chi connectivity index (χ0v) is 13.6. The summed E-state index contributed by atoms with van der Waals surface area (Å²) < 4.78 is 10.8. The van der Waals surface area contributed by atoms with Crippen LogP contribution in [0, 0.1) is 0 Å². The molecule has 0 spiro atoms. The molecule has 2 aliphatic heterocycles. The molecule has 0 saturated heterocycles. The van der Waals surface area contributed by atoms with Crippen molar-refractivity contribution in [3.63, 3.8) is 0 Å². The second-order valence-corrected chi connectivity index (χ2v) is 5.58. The highest BCUT2D eigenvalue weighted by molar-refractivity contribution is 6.08. The van der Waals surface area contributed by atoms with Crippen molar-refractivity contribution in [2.75, 3.05) is 36.6 Å². The predicted octanol–water partition coefficient (Wildman–Crippen LogP) is 1.43. The lowest BCUT2D eigenvalue weighted by Crippen LogP contribution is -2.50. The van der Waals surface area contributed by atoms with Gasteiger partial charge in [0.25, 0.3) is 0 Å². The highest BCUT2D eigenvalue weighted by atomic mass is 16.7. The standard InChI is InChI=1S/C16H21N3O4/c1-4-18(5-2)15(20)8-19-12-7-14-13(22-9-23-14)6-11(12)17-10(3)16(19)21/h6-7,10,17H,4-5,8-9H2,1-3H3. The summed E-state index contributed by atoms with van der Waals surface area (Å²) in [7, 11) is 0. The molecule has 1 N–H and O–H groups in total. The molecule has 0 bridgehead atoms. The maximum atomic E-state index is 12.5. The number of nitrogens with one attached hydrogen (secondary N) is 1. The summed E-state index contributed by atoms with van der Waals surface area (Å²) in [4.78, 5) is 28.2. The molecule has 124 valence electrons. The van der Waals surface area contributed by atoms with Gasteiger partial charge in [-0.2, -0.15) is 0 Å². The molecule has 1 aromatic carbocycles. The van der Waals surface area contributed by atoms with Crippen molar-refractivity contribution in [2.45, 2.75) is 26.8 Å². The maximum Gasteiger partial charge on any atom is 0.249 e. The summed E-state index contributed by atoms with van der Waals surface area (Å²) in [5, 5.41) is 3.15. The number of nitrogens with zero attached hydrogens (tertiary/aromatic N) is 2. The van der Waals surface area contributed by atoms with Crippen LogP contribution in [0.3, 0.4) is 0 Å². The van der Waals surface area contributed by atoms with Crippen molar-refractivity contribution < 1.29 is 19.1 Å². The third kappa shape index (κ3) is 2.67. The number of rotatable bonds is 4. The second-order valence-electron chi connectivity index (χ2n) is 5.58. The molecule has 1 unspecified atom stereocenters. The SMILES string of the molecule is CCN(CC)C(=O)CN1C(=O)C(C)Nc2cc3c(cc21)OCO3. The fourth-order valence-electron chi connectivity index (χ4n) is 2.89. The second kappa shape index (κ2) is 5.98. The van der Waals surface area contributed by atoms with Gasteiger partial charge in [0.15, 0.2) is 11.5 Å². The number of hydrogen-bond donors (Lipinski definition) is 1. The number of fused-ring (bicyclic) bond motifs is 2. The Morgan fingerprint density at radius 2 is 1.96 bits per heavy atom. The zero-order chi connectivity index (χ0) is 16.6. The van der Waals surface area contributed by atoms with Gasteiger partial charge in [0.2, 0.25) is 18.6 Å². The summed E-state index contributed by atoms with van der Waals surface area (Å²) >= 11 is 0. The molecular formula is C16H21N3O4. The fourth-order valence-corrected chi connectivity index (χ4v) is 2.89. The topological polar surface area (TPSA) is 71.1 Å². The zero-order valence-electron chi connectivity index (χ0n) is 13.6. The summed E-state index contributed by atoms with van der Waals surface area (Å²) in [6.07, 6.45) is 0. The normalized spacial score (nSPS) is 18.5. The Morgan fingerprint density at radius 1 is 1.30 bits per heavy atom. The van der Waals surface area contributed by atoms with E-state index in [1.54, 1.807) is 17.9 Å². The minimum absolute atomic E-state index is 0.0270. The average Bonchev–Trinajstić information content (AvgIpc) is 2.98. The van der Waals surface area contributed by atoms with Crippen molar-refractivity contribution in [3.05, 3.63) is 12.1 Å². The lowest BCUT2D eigenvalue weighted by molar-refractivity contribution is -0.131. The molecule has 0 saturated carbocycles. The number of amides is 2. The molecule has 0 radical (unpaired) electrons. The summed E-state index contributed by atoms with van der Waals surface area (Å²) in [5.41, 5.74) is 1.42. The van der Waals surface area contributed by atoms with Crippen LogP contribution in [0.25, 0.3) is 0 Å². The van der Waals surface area contributed by atoms with Gasteiger partial charge in [-0.25, -0.2) is 0 Å². The van der Waals surface area contributed by atoms with Crippen LogP contribution in [0.5, 0.6) is 11.5 Å². The van der Waals surface area contributed by atoms with E-state index in [-0.39, 0.29) is 25.2 Å². The third-order valence-corrected chi connectivity index (χ3v) is 4.20. The smallest absolute Gasteiger partial charge is 0.249 e. The van der Waals surface area contributed by atoms with Crippen molar-refractivity contribution in [3.8, 4) is 11.5 Å². The summed E-state index contributed by atoms with van der Waals surface area (Å²) in [6.45, 7) is 7.08. The molecule has 2 heterocycles. The van der Waals surface area contributed by atoms with E-state index in [1.807, 2.05) is 19.9 Å². The predicted molar refractivity (Wildman–Crippen MR) is 85.9 cm³/mol. The monoisotopic (exact) mass is 319 g/mol. The number of hydrogen-bond acceptors (Lipinski definition) is 5. The van der Waals surface area contributed by atoms with Crippen LogP contribution in [-0.2, 0) is 9.59 Å². The lowest BCUT2D eigenvalue weighted by Gasteiger charge is -2.34. The molecule has 1 atom stereocenters. The Hall–Kier alpha value is -2.44. The Balaban J connectivity index is 1.94. The first-order chi connectivity index (χ1) is 11.0. The largest absolute Gasteiger partial charge is 0.454 e. The molecule has 23 heavy (non-hydrogen) atoms. The van der Waals surface area contributed by atoms with Crippen LogP contribution in [0.4, 0.5) is 11.4 Å². The molecule has 3 rings (SSSR count). The highest BCUT2D eigenvalue weighted by Gasteiger charge is 2.33. The molecule has 1 aromatic rings. The van der Waals surface area contributed by atoms with Crippen LogP contribution in [0.15, 0.2) is 12.1 Å². The van der Waals surface area contributed by atoms with Crippen LogP contribution >= 0.6 is 0 Å². The van der Waals surface area contributed by atoms with Gasteiger partial charge >= 0.3 is 0 Å². The molecule has 2 aliphatic rings. The number of benzene rings is 1. The van der Waals surface area contributed by atoms with Crippen molar-refractivity contribution in [1.29, 1.82) is 0 Å². The van der Waals surface area contributed by atoms with E-state index in [4.69, 9.17) is 9.47 Å². The summed E-state index contributed by atoms with van der Waals surface area (Å²) in [6, 6.07) is 3.17. The first-order valence-electron chi connectivity index (χ1n) is 7.84. The quantitative estimate of drug-likeness (QED) is 0.909. The Morgan fingerprint density at radius 3 is 2.61 bits per heavy atom. The number of anilines is 2. The molecule has 0 aromatic heterocycles. The lowest BCUT2D eigenvalue weighted by atomic mass is 10.1. The fraction of sp³-hybridized carbons (Fsp3) is 0.500. The van der Waals surface area contributed by atoms with Gasteiger partial charge in [-0.1, -0.05) is 0 Å². The molecule has 2 amide bonds. The van der Waals surface area contributed by atoms with Crippen molar-refractivity contribution in [2.24, 2.45) is 0 Å². The Kier molecular flexibility index (Phi) is 4.02. The molecule has 7 nitrogen and oxygen atoms in total. The van der Waals surface area contributed by atoms with Crippen LogP contribution in [-0.4, -0.2) is 49.2 Å². The maximum absolute atomic E-state index is 12.5. The molecule has 0 aliphatic carbocycles. The number of likely N-dealkylation sites (N-methyl/N-ethyl adjacent to an activating group) is 1. The van der Waals surface area contributed by atoms with E-state index < -0.39 is 6.04 Å². The first kappa shape index (κ1) is 15.5. The average molecular weight is 319 g/mol. The number of ether oxygens (including phenoxy) is 2. The van der Waals surface area contributed by atoms with Crippen LogP contribution < -0.4 is 19.7 Å². The van der Waals surface area contributed by atoms with Gasteiger partial charge in [-0.15, -0.1) is 0 Å². The highest BCUT2D eigenvalue weighted by Crippen LogP contribution is 2.43. The Labute approximate surface area is 135 Å². The van der Waals surface area contributed by atoms with Gasteiger partial charge in [0.1, 0.15) is 12.6 Å². The number of carbonyl (C=O) groups is 2. The van der Waals surface area contributed by atoms with Gasteiger partial charge in [0, 0.05) is 25.2 Å². The van der Waals surface area contributed by atoms with E-state index in [2.05, 4.69) is 5.32 Å². The van der Waals surface area contributed by atoms with Crippen LogP contribution in [0.2, 0.25) is 0 Å². The van der Waals surface area contributed by atoms with E-state index >= 15 is 0 Å². The Bertz CT molecular complexity index is 642. The van der Waals surface area contributed by atoms with Gasteiger partial charge in [-0.05, 0) is 20.8 Å². The van der Waals surface area contributed by atoms with E-state index in [0.29, 0.717) is 30.3 Å². The first-order valence-corrected chi connectivity index (χ1v) is 7.84. The van der Waals surface area contributed by atoms with E-state index in [9.17, 15) is 9.59 Å². The van der Waals surface area contributed by atoms with E-state index in [0.717, 1.165) is 5.69 Å². The van der Waals surface area contributed by atoms with Gasteiger partial charge in [-0.3, -0.25) is 14.5 Å². The molecule has 0 fully saturated rings. The third-order valence-electron chi connectivity index (χ3n) is 4.20. The molecular weight excluding hydrogens is 298 g/mol. The van der Waals surface area contributed by atoms with Gasteiger partial charge < -0.3 is 19.7 Å². The summed E-state index contributed by atoms with van der Waals surface area (Å²) in [5.74, 6) is 1.04. The van der Waals surface area contributed by atoms with Gasteiger partial charge in [0.05, 0.1) is 11.4 Å². The minimum atomic E-state index is -0.396. The van der Waals surface area contributed by atoms with E-state index in [1.165, 1.54) is 4.90 Å². The minimum Gasteiger partial charge on any atom is -0.454 e. The number of carbonyl (C=O) groups excluding carboxylic acids is 2. The van der Waals surface area contributed by atoms with Crippen LogP contribution in [0.1, 0.15) is 20.8 Å².